The minimum absolute atomic E-state index is 0.0538. The van der Waals surface area contributed by atoms with Crippen LogP contribution in [0.5, 0.6) is 0 Å². The van der Waals surface area contributed by atoms with Gasteiger partial charge in [0.15, 0.2) is 0 Å². The van der Waals surface area contributed by atoms with Gasteiger partial charge in [0.05, 0.1) is 6.42 Å². The van der Waals surface area contributed by atoms with E-state index in [-0.39, 0.29) is 24.3 Å². The number of hydrogen-bond donors (Lipinski definition) is 1. The van der Waals surface area contributed by atoms with Crippen molar-refractivity contribution >= 4 is 28.3 Å². The summed E-state index contributed by atoms with van der Waals surface area (Å²) < 4.78 is 0. The quantitative estimate of drug-likeness (QED) is 0.873. The Morgan fingerprint density at radius 1 is 1.19 bits per heavy atom. The summed E-state index contributed by atoms with van der Waals surface area (Å²) in [4.78, 5) is 29.9. The Kier molecular flexibility index (Phi) is 2.67. The molecule has 1 unspecified atom stereocenters. The molecule has 5 heteroatoms. The topological polar surface area (TPSA) is 62.3 Å². The molecule has 4 rings (SSSR count). The Labute approximate surface area is 122 Å². The van der Waals surface area contributed by atoms with E-state index in [1.165, 1.54) is 4.90 Å². The lowest BCUT2D eigenvalue weighted by Gasteiger charge is -2.16. The molecule has 21 heavy (non-hydrogen) atoms. The van der Waals surface area contributed by atoms with Crippen molar-refractivity contribution in [1.29, 1.82) is 0 Å². The van der Waals surface area contributed by atoms with Crippen LogP contribution in [0.15, 0.2) is 36.7 Å². The minimum atomic E-state index is -0.447. The molecule has 1 saturated carbocycles. The molecule has 1 aliphatic carbocycles. The number of fused-ring (bicyclic) bond motifs is 1. The molecule has 2 aromatic rings. The molecular weight excluding hydrogens is 266 g/mol. The van der Waals surface area contributed by atoms with E-state index in [1.54, 1.807) is 12.4 Å². The molecule has 1 N–H and O–H groups in total. The molecule has 1 atom stereocenters. The first-order valence-electron chi connectivity index (χ1n) is 7.19. The summed E-state index contributed by atoms with van der Waals surface area (Å²) >= 11 is 0. The van der Waals surface area contributed by atoms with Crippen molar-refractivity contribution in [2.45, 2.75) is 31.3 Å². The smallest absolute Gasteiger partial charge is 0.252 e. The molecule has 5 nitrogen and oxygen atoms in total. The van der Waals surface area contributed by atoms with Gasteiger partial charge in [-0.05, 0) is 25.0 Å². The van der Waals surface area contributed by atoms with E-state index in [9.17, 15) is 9.59 Å². The van der Waals surface area contributed by atoms with Crippen molar-refractivity contribution in [3.63, 3.8) is 0 Å². The SMILES string of the molecule is O=C1CC(Nc2cccc3cnccc23)C(=O)N1C1CC1. The predicted octanol–water partition coefficient (Wildman–Crippen LogP) is 1.94. The maximum atomic E-state index is 12.4. The number of benzene rings is 1. The highest BCUT2D eigenvalue weighted by Crippen LogP contribution is 2.33. The van der Waals surface area contributed by atoms with Gasteiger partial charge >= 0.3 is 0 Å². The van der Waals surface area contributed by atoms with E-state index in [0.29, 0.717) is 0 Å². The summed E-state index contributed by atoms with van der Waals surface area (Å²) in [7, 11) is 0. The molecular formula is C16H15N3O2. The maximum Gasteiger partial charge on any atom is 0.252 e. The number of nitrogens with one attached hydrogen (secondary N) is 1. The Hall–Kier alpha value is -2.43. The molecule has 0 bridgehead atoms. The van der Waals surface area contributed by atoms with Crippen LogP contribution in [0.25, 0.3) is 10.8 Å². The molecule has 0 radical (unpaired) electrons. The maximum absolute atomic E-state index is 12.4. The Morgan fingerprint density at radius 2 is 2.05 bits per heavy atom. The molecule has 2 heterocycles. The van der Waals surface area contributed by atoms with Gasteiger partial charge < -0.3 is 5.32 Å². The van der Waals surface area contributed by atoms with Crippen LogP contribution in [0.2, 0.25) is 0 Å². The van der Waals surface area contributed by atoms with Crippen molar-refractivity contribution in [3.05, 3.63) is 36.7 Å². The van der Waals surface area contributed by atoms with Crippen LogP contribution in [0.1, 0.15) is 19.3 Å². The molecule has 1 aliphatic heterocycles. The third kappa shape index (κ3) is 2.05. The van der Waals surface area contributed by atoms with Crippen LogP contribution >= 0.6 is 0 Å². The molecule has 2 amide bonds. The van der Waals surface area contributed by atoms with Crippen LogP contribution in [-0.2, 0) is 9.59 Å². The lowest BCUT2D eigenvalue weighted by atomic mass is 10.1. The number of hydrogen-bond acceptors (Lipinski definition) is 4. The third-order valence-corrected chi connectivity index (χ3v) is 4.11. The highest BCUT2D eigenvalue weighted by atomic mass is 16.2. The first-order valence-corrected chi connectivity index (χ1v) is 7.19. The third-order valence-electron chi connectivity index (χ3n) is 4.11. The van der Waals surface area contributed by atoms with Gasteiger partial charge in [0.2, 0.25) is 5.91 Å². The highest BCUT2D eigenvalue weighted by molar-refractivity contribution is 6.08. The zero-order chi connectivity index (χ0) is 14.4. The van der Waals surface area contributed by atoms with Crippen LogP contribution in [-0.4, -0.2) is 33.8 Å². The van der Waals surface area contributed by atoms with Gasteiger partial charge in [-0.2, -0.15) is 0 Å². The van der Waals surface area contributed by atoms with Crippen molar-refractivity contribution in [3.8, 4) is 0 Å². The van der Waals surface area contributed by atoms with E-state index >= 15 is 0 Å². The second-order valence-electron chi connectivity index (χ2n) is 5.64. The van der Waals surface area contributed by atoms with Gasteiger partial charge in [0.1, 0.15) is 6.04 Å². The highest BCUT2D eigenvalue weighted by Gasteiger charge is 2.46. The molecule has 2 aliphatic rings. The number of carbonyl (C=O) groups is 2. The van der Waals surface area contributed by atoms with Crippen LogP contribution in [0.3, 0.4) is 0 Å². The number of nitrogens with zero attached hydrogens (tertiary/aromatic N) is 2. The standard InChI is InChI=1S/C16H15N3O2/c20-15-8-14(16(21)19(15)11-4-5-11)18-13-3-1-2-10-9-17-7-6-12(10)13/h1-3,6-7,9,11,14,18H,4-5,8H2. The van der Waals surface area contributed by atoms with E-state index in [2.05, 4.69) is 10.3 Å². The van der Waals surface area contributed by atoms with Crippen molar-refractivity contribution in [2.24, 2.45) is 0 Å². The predicted molar refractivity (Wildman–Crippen MR) is 78.6 cm³/mol. The number of aromatic nitrogens is 1. The summed E-state index contributed by atoms with van der Waals surface area (Å²) in [5, 5.41) is 5.26. The summed E-state index contributed by atoms with van der Waals surface area (Å²) in [6.07, 6.45) is 5.66. The normalized spacial score (nSPS) is 22.1. The number of pyridine rings is 1. The van der Waals surface area contributed by atoms with Crippen LogP contribution < -0.4 is 5.32 Å². The van der Waals surface area contributed by atoms with Gasteiger partial charge in [-0.1, -0.05) is 12.1 Å². The lowest BCUT2D eigenvalue weighted by molar-refractivity contribution is -0.139. The van der Waals surface area contributed by atoms with E-state index in [1.807, 2.05) is 24.3 Å². The van der Waals surface area contributed by atoms with Gasteiger partial charge in [-0.15, -0.1) is 0 Å². The van der Waals surface area contributed by atoms with E-state index in [0.717, 1.165) is 29.3 Å². The van der Waals surface area contributed by atoms with E-state index < -0.39 is 6.04 Å². The largest absolute Gasteiger partial charge is 0.373 e. The number of rotatable bonds is 3. The fourth-order valence-corrected chi connectivity index (χ4v) is 2.92. The summed E-state index contributed by atoms with van der Waals surface area (Å²) in [6, 6.07) is 7.44. The van der Waals surface area contributed by atoms with Crippen LogP contribution in [0, 0.1) is 0 Å². The number of anilines is 1. The van der Waals surface area contributed by atoms with Crippen molar-refractivity contribution < 1.29 is 9.59 Å². The summed E-state index contributed by atoms with van der Waals surface area (Å²) in [5.74, 6) is -0.143. The Bertz CT molecular complexity index is 734. The van der Waals surface area contributed by atoms with Crippen molar-refractivity contribution in [1.82, 2.24) is 9.88 Å². The van der Waals surface area contributed by atoms with Gasteiger partial charge in [0, 0.05) is 34.9 Å². The molecule has 1 aromatic carbocycles. The zero-order valence-electron chi connectivity index (χ0n) is 11.5. The monoisotopic (exact) mass is 281 g/mol. The fraction of sp³-hybridized carbons (Fsp3) is 0.312. The second-order valence-corrected chi connectivity index (χ2v) is 5.64. The molecule has 1 aromatic heterocycles. The number of amides is 2. The number of imide groups is 1. The average Bonchev–Trinajstić information content (AvgIpc) is 3.27. The minimum Gasteiger partial charge on any atom is -0.373 e. The van der Waals surface area contributed by atoms with Crippen molar-refractivity contribution in [2.75, 3.05) is 5.32 Å². The second kappa shape index (κ2) is 4.55. The molecule has 2 fully saturated rings. The Balaban J connectivity index is 1.63. The molecule has 0 spiro atoms. The average molecular weight is 281 g/mol. The number of carbonyl (C=O) groups excluding carboxylic acids is 2. The first kappa shape index (κ1) is 12.3. The molecule has 106 valence electrons. The van der Waals surface area contributed by atoms with Gasteiger partial charge in [-0.3, -0.25) is 19.5 Å². The zero-order valence-corrected chi connectivity index (χ0v) is 11.5. The van der Waals surface area contributed by atoms with Gasteiger partial charge in [0.25, 0.3) is 5.91 Å². The first-order chi connectivity index (χ1) is 10.2. The Morgan fingerprint density at radius 3 is 2.86 bits per heavy atom. The lowest BCUT2D eigenvalue weighted by Crippen LogP contribution is -2.36. The van der Waals surface area contributed by atoms with Crippen LogP contribution in [0.4, 0.5) is 5.69 Å². The molecule has 1 saturated heterocycles. The summed E-state index contributed by atoms with van der Waals surface area (Å²) in [5.41, 5.74) is 0.874. The van der Waals surface area contributed by atoms with Gasteiger partial charge in [-0.25, -0.2) is 0 Å². The van der Waals surface area contributed by atoms with E-state index in [4.69, 9.17) is 0 Å². The number of likely N-dealkylation sites (tertiary alicyclic amines) is 1. The summed E-state index contributed by atoms with van der Waals surface area (Å²) in [6.45, 7) is 0. The fourth-order valence-electron chi connectivity index (χ4n) is 2.92.